The lowest BCUT2D eigenvalue weighted by molar-refractivity contribution is -0.107. The lowest BCUT2D eigenvalue weighted by atomic mass is 10.3. The first kappa shape index (κ1) is 9.63. The van der Waals surface area contributed by atoms with Crippen molar-refractivity contribution in [3.05, 3.63) is 0 Å². The van der Waals surface area contributed by atoms with Crippen LogP contribution in [0.4, 0.5) is 0 Å². The molecular weight excluding hydrogens is 126 g/mol. The van der Waals surface area contributed by atoms with E-state index in [1.54, 1.807) is 0 Å². The molecule has 0 aliphatic heterocycles. The quantitative estimate of drug-likeness (QED) is 0.412. The summed E-state index contributed by atoms with van der Waals surface area (Å²) in [4.78, 5) is 12.2. The predicted molar refractivity (Wildman–Crippen MR) is 43.1 cm³/mol. The molecule has 0 rings (SSSR count). The molecule has 0 aromatic heterocycles. The molecular formula is C8H17NO. The van der Waals surface area contributed by atoms with E-state index < -0.39 is 0 Å². The van der Waals surface area contributed by atoms with Gasteiger partial charge in [0.15, 0.2) is 0 Å². The molecule has 0 aromatic rings. The Morgan fingerprint density at radius 3 is 2.60 bits per heavy atom. The van der Waals surface area contributed by atoms with Gasteiger partial charge in [0.2, 0.25) is 0 Å². The predicted octanol–water partition coefficient (Wildman–Crippen LogP) is 1.31. The zero-order chi connectivity index (χ0) is 7.82. The minimum absolute atomic E-state index is 0.702. The van der Waals surface area contributed by atoms with Crippen molar-refractivity contribution in [3.63, 3.8) is 0 Å². The normalized spacial score (nSPS) is 10.3. The van der Waals surface area contributed by atoms with E-state index in [-0.39, 0.29) is 0 Å². The summed E-state index contributed by atoms with van der Waals surface area (Å²) in [5.41, 5.74) is 0. The van der Waals surface area contributed by atoms with Crippen LogP contribution in [0.2, 0.25) is 0 Å². The Bertz CT molecular complexity index is 83.3. The van der Waals surface area contributed by atoms with Crippen molar-refractivity contribution in [2.75, 3.05) is 20.1 Å². The lowest BCUT2D eigenvalue weighted by Gasteiger charge is -2.13. The summed E-state index contributed by atoms with van der Waals surface area (Å²) < 4.78 is 0. The van der Waals surface area contributed by atoms with Gasteiger partial charge in [-0.1, -0.05) is 6.92 Å². The Labute approximate surface area is 63.2 Å². The van der Waals surface area contributed by atoms with Crippen LogP contribution >= 0.6 is 0 Å². The maximum atomic E-state index is 9.93. The molecule has 0 bridgehead atoms. The van der Waals surface area contributed by atoms with Crippen LogP contribution in [0.5, 0.6) is 0 Å². The molecule has 0 radical (unpaired) electrons. The van der Waals surface area contributed by atoms with Crippen molar-refractivity contribution in [2.24, 2.45) is 0 Å². The van der Waals surface area contributed by atoms with Crippen LogP contribution in [0.1, 0.15) is 26.2 Å². The molecule has 0 saturated heterocycles. The molecule has 0 amide bonds. The topological polar surface area (TPSA) is 20.3 Å². The van der Waals surface area contributed by atoms with Gasteiger partial charge in [0.1, 0.15) is 6.29 Å². The van der Waals surface area contributed by atoms with E-state index in [9.17, 15) is 4.79 Å². The molecule has 2 heteroatoms. The summed E-state index contributed by atoms with van der Waals surface area (Å²) in [6.45, 7) is 4.35. The maximum Gasteiger partial charge on any atom is 0.120 e. The minimum atomic E-state index is 0.702. The number of carbonyl (C=O) groups is 1. The number of rotatable bonds is 6. The van der Waals surface area contributed by atoms with E-state index in [1.165, 1.54) is 6.42 Å². The minimum Gasteiger partial charge on any atom is -0.306 e. The number of hydrogen-bond acceptors (Lipinski definition) is 2. The van der Waals surface area contributed by atoms with Crippen LogP contribution in [0.3, 0.4) is 0 Å². The van der Waals surface area contributed by atoms with Crippen LogP contribution in [-0.2, 0) is 4.79 Å². The van der Waals surface area contributed by atoms with Crippen LogP contribution in [0.15, 0.2) is 0 Å². The van der Waals surface area contributed by atoms with Crippen LogP contribution in [0, 0.1) is 0 Å². The second-order valence-corrected chi connectivity index (χ2v) is 2.61. The van der Waals surface area contributed by atoms with Gasteiger partial charge in [-0.05, 0) is 33.0 Å². The highest BCUT2D eigenvalue weighted by Gasteiger charge is 1.93. The van der Waals surface area contributed by atoms with Crippen LogP contribution in [0.25, 0.3) is 0 Å². The molecule has 0 aliphatic carbocycles. The fourth-order valence-electron chi connectivity index (χ4n) is 0.938. The molecule has 0 spiro atoms. The molecule has 0 fully saturated rings. The largest absolute Gasteiger partial charge is 0.306 e. The van der Waals surface area contributed by atoms with Crippen molar-refractivity contribution in [1.82, 2.24) is 4.90 Å². The van der Waals surface area contributed by atoms with E-state index in [2.05, 4.69) is 18.9 Å². The smallest absolute Gasteiger partial charge is 0.120 e. The second kappa shape index (κ2) is 6.75. The highest BCUT2D eigenvalue weighted by Crippen LogP contribution is 1.91. The Kier molecular flexibility index (Phi) is 6.50. The van der Waals surface area contributed by atoms with Crippen LogP contribution in [-0.4, -0.2) is 31.3 Å². The van der Waals surface area contributed by atoms with Crippen molar-refractivity contribution >= 4 is 6.29 Å². The highest BCUT2D eigenvalue weighted by atomic mass is 16.1. The molecule has 10 heavy (non-hydrogen) atoms. The number of carbonyl (C=O) groups excluding carboxylic acids is 1. The number of hydrogen-bond donors (Lipinski definition) is 0. The van der Waals surface area contributed by atoms with Gasteiger partial charge in [0.05, 0.1) is 0 Å². The van der Waals surface area contributed by atoms with E-state index in [4.69, 9.17) is 0 Å². The molecule has 0 atom stereocenters. The third-order valence-electron chi connectivity index (χ3n) is 1.47. The van der Waals surface area contributed by atoms with Gasteiger partial charge in [0, 0.05) is 6.42 Å². The van der Waals surface area contributed by atoms with E-state index in [1.807, 2.05) is 0 Å². The van der Waals surface area contributed by atoms with Crippen molar-refractivity contribution < 1.29 is 4.79 Å². The zero-order valence-electron chi connectivity index (χ0n) is 6.97. The molecule has 0 unspecified atom stereocenters. The fourth-order valence-corrected chi connectivity index (χ4v) is 0.938. The summed E-state index contributed by atoms with van der Waals surface area (Å²) in [5, 5.41) is 0. The van der Waals surface area contributed by atoms with Gasteiger partial charge in [-0.3, -0.25) is 0 Å². The van der Waals surface area contributed by atoms with Gasteiger partial charge in [0.25, 0.3) is 0 Å². The lowest BCUT2D eigenvalue weighted by Crippen LogP contribution is -2.20. The number of unbranched alkanes of at least 4 members (excludes halogenated alkanes) is 1. The third kappa shape index (κ3) is 5.76. The molecule has 0 heterocycles. The SMILES string of the molecule is CCCN(C)CCCC=O. The molecule has 60 valence electrons. The first-order chi connectivity index (χ1) is 4.81. The zero-order valence-corrected chi connectivity index (χ0v) is 6.97. The third-order valence-corrected chi connectivity index (χ3v) is 1.47. The Morgan fingerprint density at radius 1 is 1.40 bits per heavy atom. The maximum absolute atomic E-state index is 9.93. The Hall–Kier alpha value is -0.370. The standard InChI is InChI=1S/C8H17NO/c1-3-6-9(2)7-4-5-8-10/h8H,3-7H2,1-2H3. The van der Waals surface area contributed by atoms with Crippen molar-refractivity contribution in [2.45, 2.75) is 26.2 Å². The first-order valence-electron chi connectivity index (χ1n) is 3.93. The fraction of sp³-hybridized carbons (Fsp3) is 0.875. The Balaban J connectivity index is 3.04. The first-order valence-corrected chi connectivity index (χ1v) is 3.93. The highest BCUT2D eigenvalue weighted by molar-refractivity contribution is 5.48. The average molecular weight is 143 g/mol. The van der Waals surface area contributed by atoms with Crippen molar-refractivity contribution in [3.8, 4) is 0 Å². The van der Waals surface area contributed by atoms with Gasteiger partial charge in [-0.25, -0.2) is 0 Å². The van der Waals surface area contributed by atoms with E-state index in [0.29, 0.717) is 6.42 Å². The molecule has 0 N–H and O–H groups in total. The van der Waals surface area contributed by atoms with Gasteiger partial charge >= 0.3 is 0 Å². The van der Waals surface area contributed by atoms with Gasteiger partial charge in [-0.2, -0.15) is 0 Å². The Morgan fingerprint density at radius 2 is 2.10 bits per heavy atom. The summed E-state index contributed by atoms with van der Waals surface area (Å²) >= 11 is 0. The molecule has 0 aliphatic rings. The summed E-state index contributed by atoms with van der Waals surface area (Å²) in [5.74, 6) is 0. The summed E-state index contributed by atoms with van der Waals surface area (Å²) in [6.07, 6.45) is 3.88. The average Bonchev–Trinajstić information content (AvgIpc) is 1.89. The molecule has 0 saturated carbocycles. The molecule has 0 aromatic carbocycles. The van der Waals surface area contributed by atoms with Crippen LogP contribution < -0.4 is 0 Å². The number of aldehydes is 1. The van der Waals surface area contributed by atoms with E-state index >= 15 is 0 Å². The van der Waals surface area contributed by atoms with Gasteiger partial charge < -0.3 is 9.69 Å². The second-order valence-electron chi connectivity index (χ2n) is 2.61. The molecule has 2 nitrogen and oxygen atoms in total. The summed E-state index contributed by atoms with van der Waals surface area (Å²) in [6, 6.07) is 0. The summed E-state index contributed by atoms with van der Waals surface area (Å²) in [7, 11) is 2.09. The number of nitrogens with zero attached hydrogens (tertiary/aromatic N) is 1. The van der Waals surface area contributed by atoms with E-state index in [0.717, 1.165) is 25.8 Å². The van der Waals surface area contributed by atoms with Gasteiger partial charge in [-0.15, -0.1) is 0 Å². The monoisotopic (exact) mass is 143 g/mol. The van der Waals surface area contributed by atoms with Crippen molar-refractivity contribution in [1.29, 1.82) is 0 Å².